The lowest BCUT2D eigenvalue weighted by molar-refractivity contribution is -0.145. The first-order valence-corrected chi connectivity index (χ1v) is 7.47. The van der Waals surface area contributed by atoms with Gasteiger partial charge in [0.25, 0.3) is 5.95 Å². The van der Waals surface area contributed by atoms with Crippen LogP contribution >= 0.6 is 0 Å². The van der Waals surface area contributed by atoms with Crippen molar-refractivity contribution >= 4 is 18.1 Å². The molecule has 2 rings (SSSR count). The Labute approximate surface area is 144 Å². The first-order valence-electron chi connectivity index (χ1n) is 7.47. The average Bonchev–Trinajstić information content (AvgIpc) is 2.93. The highest BCUT2D eigenvalue weighted by Gasteiger charge is 2.09. The molecular formula is C15H20N6O4. The monoisotopic (exact) mass is 348 g/mol. The third-order valence-corrected chi connectivity index (χ3v) is 3.08. The number of carbonyl (C=O) groups excluding carboxylic acids is 1. The first-order chi connectivity index (χ1) is 12.0. The molecule has 0 unspecified atom stereocenters. The van der Waals surface area contributed by atoms with Crippen LogP contribution in [-0.4, -0.2) is 47.4 Å². The molecule has 3 N–H and O–H groups in total. The zero-order valence-corrected chi connectivity index (χ0v) is 14.2. The van der Waals surface area contributed by atoms with E-state index in [9.17, 15) is 4.79 Å². The van der Waals surface area contributed by atoms with E-state index in [-0.39, 0.29) is 6.61 Å². The Morgan fingerprint density at radius 3 is 2.84 bits per heavy atom. The number of aromatic nitrogens is 3. The third kappa shape index (κ3) is 4.83. The van der Waals surface area contributed by atoms with E-state index < -0.39 is 5.97 Å². The van der Waals surface area contributed by atoms with Crippen LogP contribution in [0.2, 0.25) is 0 Å². The zero-order valence-electron chi connectivity index (χ0n) is 14.2. The number of benzene rings is 1. The molecule has 0 amide bonds. The van der Waals surface area contributed by atoms with E-state index in [1.165, 1.54) is 11.8 Å². The Balaban J connectivity index is 2.01. The van der Waals surface area contributed by atoms with Gasteiger partial charge in [-0.05, 0) is 37.6 Å². The maximum absolute atomic E-state index is 11.3. The molecule has 0 spiro atoms. The van der Waals surface area contributed by atoms with Crippen molar-refractivity contribution in [2.75, 3.05) is 31.6 Å². The predicted octanol–water partition coefficient (Wildman–Crippen LogP) is 0.697. The number of nitrogens with one attached hydrogen (secondary N) is 1. The second-order valence-electron chi connectivity index (χ2n) is 4.81. The van der Waals surface area contributed by atoms with Crippen LogP contribution in [0.15, 0.2) is 23.3 Å². The molecule has 0 atom stereocenters. The van der Waals surface area contributed by atoms with Crippen LogP contribution in [0.4, 0.5) is 5.95 Å². The summed E-state index contributed by atoms with van der Waals surface area (Å²) in [6, 6.07) is 5.14. The van der Waals surface area contributed by atoms with Gasteiger partial charge in [0, 0.05) is 0 Å². The highest BCUT2D eigenvalue weighted by atomic mass is 16.6. The van der Waals surface area contributed by atoms with Gasteiger partial charge in [-0.25, -0.2) is 14.9 Å². The summed E-state index contributed by atoms with van der Waals surface area (Å²) in [7, 11) is 1.51. The molecule has 0 saturated carbocycles. The van der Waals surface area contributed by atoms with Crippen molar-refractivity contribution in [2.45, 2.75) is 13.8 Å². The number of aryl methyl sites for hydroxylation is 1. The lowest BCUT2D eigenvalue weighted by Gasteiger charge is -2.10. The number of esters is 1. The van der Waals surface area contributed by atoms with Crippen molar-refractivity contribution in [3.05, 3.63) is 29.6 Å². The summed E-state index contributed by atoms with van der Waals surface area (Å²) >= 11 is 0. The number of anilines is 1. The molecule has 10 nitrogen and oxygen atoms in total. The maximum Gasteiger partial charge on any atom is 0.344 e. The lowest BCUT2D eigenvalue weighted by Crippen LogP contribution is -2.15. The highest BCUT2D eigenvalue weighted by molar-refractivity contribution is 5.81. The van der Waals surface area contributed by atoms with E-state index in [0.29, 0.717) is 29.9 Å². The minimum absolute atomic E-state index is 0.190. The minimum Gasteiger partial charge on any atom is -0.493 e. The number of ether oxygens (including phenoxy) is 3. The summed E-state index contributed by atoms with van der Waals surface area (Å²) in [5.41, 5.74) is 3.43. The van der Waals surface area contributed by atoms with E-state index in [2.05, 4.69) is 20.7 Å². The van der Waals surface area contributed by atoms with E-state index in [0.717, 1.165) is 5.56 Å². The summed E-state index contributed by atoms with van der Waals surface area (Å²) in [6.45, 7) is 3.57. The molecule has 0 saturated heterocycles. The first kappa shape index (κ1) is 18.0. The molecule has 1 heterocycles. The topological polar surface area (TPSA) is 126 Å². The van der Waals surface area contributed by atoms with Gasteiger partial charge < -0.3 is 20.1 Å². The number of nitrogen functional groups attached to an aromatic ring is 1. The molecule has 1 aromatic carbocycles. The summed E-state index contributed by atoms with van der Waals surface area (Å²) in [6.07, 6.45) is 1.56. The number of hydrogen-bond donors (Lipinski definition) is 2. The zero-order chi connectivity index (χ0) is 18.2. The number of hydrazone groups is 1. The Morgan fingerprint density at radius 2 is 2.20 bits per heavy atom. The van der Waals surface area contributed by atoms with Gasteiger partial charge in [-0.15, -0.1) is 10.2 Å². The average molecular weight is 348 g/mol. The van der Waals surface area contributed by atoms with Crippen LogP contribution in [0.25, 0.3) is 0 Å². The summed E-state index contributed by atoms with van der Waals surface area (Å²) < 4.78 is 16.7. The molecule has 10 heteroatoms. The van der Waals surface area contributed by atoms with Gasteiger partial charge in [-0.3, -0.25) is 0 Å². The molecule has 0 radical (unpaired) electrons. The Kier molecular flexibility index (Phi) is 6.15. The molecule has 0 fully saturated rings. The number of nitrogens with zero attached hydrogens (tertiary/aromatic N) is 4. The van der Waals surface area contributed by atoms with E-state index >= 15 is 0 Å². The molecule has 2 aromatic rings. The molecule has 0 aliphatic carbocycles. The van der Waals surface area contributed by atoms with Crippen molar-refractivity contribution in [3.8, 4) is 11.5 Å². The van der Waals surface area contributed by atoms with Gasteiger partial charge in [0.15, 0.2) is 23.9 Å². The lowest BCUT2D eigenvalue weighted by atomic mass is 10.2. The number of hydrogen-bond acceptors (Lipinski definition) is 9. The fourth-order valence-corrected chi connectivity index (χ4v) is 1.83. The number of carbonyl (C=O) groups is 1. The second-order valence-corrected chi connectivity index (χ2v) is 4.81. The Morgan fingerprint density at radius 1 is 1.40 bits per heavy atom. The van der Waals surface area contributed by atoms with Gasteiger partial charge in [0.05, 0.1) is 19.9 Å². The molecule has 1 aromatic heterocycles. The SMILES string of the molecule is CCOC(=O)COc1ccc(C=NNc2nnc(C)n2N)cc1OC. The minimum atomic E-state index is -0.444. The van der Waals surface area contributed by atoms with Gasteiger partial charge in [-0.2, -0.15) is 5.10 Å². The normalized spacial score (nSPS) is 10.7. The van der Waals surface area contributed by atoms with Gasteiger partial charge in [0.2, 0.25) is 0 Å². The largest absolute Gasteiger partial charge is 0.493 e. The molecule has 25 heavy (non-hydrogen) atoms. The molecule has 134 valence electrons. The second kappa shape index (κ2) is 8.52. The maximum atomic E-state index is 11.3. The fourth-order valence-electron chi connectivity index (χ4n) is 1.83. The standard InChI is InChI=1S/C15H20N6O4/c1-4-24-14(22)9-25-12-6-5-11(7-13(12)23-3)8-17-19-15-20-18-10(2)21(15)16/h5-8H,4,9,16H2,1-3H3,(H,19,20). The van der Waals surface area contributed by atoms with Crippen LogP contribution in [-0.2, 0) is 9.53 Å². The van der Waals surface area contributed by atoms with Crippen LogP contribution in [0.5, 0.6) is 11.5 Å². The molecular weight excluding hydrogens is 328 g/mol. The van der Waals surface area contributed by atoms with Crippen LogP contribution in [0, 0.1) is 6.92 Å². The third-order valence-electron chi connectivity index (χ3n) is 3.08. The van der Waals surface area contributed by atoms with Crippen LogP contribution in [0.3, 0.4) is 0 Å². The molecule has 0 aliphatic rings. The molecule has 0 aliphatic heterocycles. The van der Waals surface area contributed by atoms with Crippen molar-refractivity contribution in [3.63, 3.8) is 0 Å². The highest BCUT2D eigenvalue weighted by Crippen LogP contribution is 2.27. The smallest absolute Gasteiger partial charge is 0.344 e. The van der Waals surface area contributed by atoms with E-state index in [4.69, 9.17) is 20.1 Å². The predicted molar refractivity (Wildman–Crippen MR) is 91.2 cm³/mol. The van der Waals surface area contributed by atoms with Crippen LogP contribution < -0.4 is 20.7 Å². The van der Waals surface area contributed by atoms with Gasteiger partial charge >= 0.3 is 5.97 Å². The van der Waals surface area contributed by atoms with Crippen LogP contribution in [0.1, 0.15) is 18.3 Å². The fraction of sp³-hybridized carbons (Fsp3) is 0.333. The number of rotatable bonds is 8. The van der Waals surface area contributed by atoms with Gasteiger partial charge in [0.1, 0.15) is 0 Å². The van der Waals surface area contributed by atoms with E-state index in [1.807, 2.05) is 0 Å². The summed E-state index contributed by atoms with van der Waals surface area (Å²) in [5, 5.41) is 11.7. The molecule has 0 bridgehead atoms. The van der Waals surface area contributed by atoms with E-state index in [1.54, 1.807) is 38.3 Å². The van der Waals surface area contributed by atoms with Crippen molar-refractivity contribution < 1.29 is 19.0 Å². The number of methoxy groups -OCH3 is 1. The summed E-state index contributed by atoms with van der Waals surface area (Å²) in [4.78, 5) is 11.3. The number of nitrogens with two attached hydrogens (primary N) is 1. The van der Waals surface area contributed by atoms with Crippen molar-refractivity contribution in [1.29, 1.82) is 0 Å². The quantitative estimate of drug-likeness (QED) is 0.309. The van der Waals surface area contributed by atoms with Gasteiger partial charge in [-0.1, -0.05) is 0 Å². The van der Waals surface area contributed by atoms with Crippen molar-refractivity contribution in [2.24, 2.45) is 5.10 Å². The van der Waals surface area contributed by atoms with Crippen molar-refractivity contribution in [1.82, 2.24) is 14.9 Å². The Bertz CT molecular complexity index is 758. The Hall–Kier alpha value is -3.30. The summed E-state index contributed by atoms with van der Waals surface area (Å²) in [5.74, 6) is 7.03.